The van der Waals surface area contributed by atoms with Crippen molar-refractivity contribution >= 4 is 11.6 Å². The van der Waals surface area contributed by atoms with Crippen LogP contribution in [0, 0.1) is 22.6 Å². The van der Waals surface area contributed by atoms with Crippen LogP contribution in [0.2, 0.25) is 0 Å². The molecule has 0 saturated heterocycles. The number of rotatable bonds is 3. The summed E-state index contributed by atoms with van der Waals surface area (Å²) in [4.78, 5) is 11.6. The summed E-state index contributed by atoms with van der Waals surface area (Å²) in [5.41, 5.74) is 0.210. The summed E-state index contributed by atoms with van der Waals surface area (Å²) in [7, 11) is 1.48. The molecule has 2 saturated carbocycles. The Morgan fingerprint density at radius 2 is 1.88 bits per heavy atom. The van der Waals surface area contributed by atoms with Crippen molar-refractivity contribution in [2.75, 3.05) is 12.4 Å². The van der Waals surface area contributed by atoms with Gasteiger partial charge in [0.25, 0.3) is 5.91 Å². The second-order valence-corrected chi connectivity index (χ2v) is 7.68. The summed E-state index contributed by atoms with van der Waals surface area (Å²) in [6.07, 6.45) is 10.0. The molecule has 1 aromatic rings. The summed E-state index contributed by atoms with van der Waals surface area (Å²) in [5, 5.41) is 15.6. The van der Waals surface area contributed by atoms with E-state index in [1.165, 1.54) is 57.7 Å². The summed E-state index contributed by atoms with van der Waals surface area (Å²) >= 11 is 0. The number of nitrogens with one attached hydrogen (secondary N) is 2. The minimum Gasteiger partial charge on any atom is -0.367 e. The topological polar surface area (TPSA) is 64.9 Å². The van der Waals surface area contributed by atoms with Crippen molar-refractivity contribution in [3.63, 3.8) is 0 Å². The number of hydrogen-bond donors (Lipinski definition) is 2. The molecule has 0 aliphatic heterocycles. The number of nitrogens with zero attached hydrogens (tertiary/aromatic N) is 1. The molecular weight excluding hydrogens is 317 g/mol. The highest BCUT2D eigenvalue weighted by Crippen LogP contribution is 2.51. The first-order chi connectivity index (χ1) is 12.0. The van der Waals surface area contributed by atoms with Crippen LogP contribution >= 0.6 is 0 Å². The van der Waals surface area contributed by atoms with Crippen molar-refractivity contribution in [1.29, 1.82) is 5.26 Å². The lowest BCUT2D eigenvalue weighted by Crippen LogP contribution is -2.46. The van der Waals surface area contributed by atoms with E-state index in [4.69, 9.17) is 0 Å². The van der Waals surface area contributed by atoms with E-state index in [9.17, 15) is 14.4 Å². The zero-order valence-corrected chi connectivity index (χ0v) is 14.8. The van der Waals surface area contributed by atoms with Gasteiger partial charge in [-0.05, 0) is 62.1 Å². The molecule has 0 radical (unpaired) electrons. The van der Waals surface area contributed by atoms with Crippen molar-refractivity contribution < 1.29 is 9.18 Å². The Balaban J connectivity index is 1.81. The van der Waals surface area contributed by atoms with E-state index in [1.807, 2.05) is 0 Å². The van der Waals surface area contributed by atoms with E-state index in [2.05, 4.69) is 16.7 Å². The van der Waals surface area contributed by atoms with Gasteiger partial charge in [0.05, 0.1) is 11.6 Å². The lowest BCUT2D eigenvalue weighted by Gasteiger charge is -2.47. The normalized spacial score (nSPS) is 25.2. The fourth-order valence-corrected chi connectivity index (χ4v) is 4.73. The van der Waals surface area contributed by atoms with Crippen molar-refractivity contribution in [2.45, 2.75) is 63.3 Å². The number of benzene rings is 1. The summed E-state index contributed by atoms with van der Waals surface area (Å²) in [6.45, 7) is 0. The van der Waals surface area contributed by atoms with Crippen LogP contribution < -0.4 is 10.6 Å². The summed E-state index contributed by atoms with van der Waals surface area (Å²) < 4.78 is 14.2. The first-order valence-corrected chi connectivity index (χ1v) is 9.23. The molecule has 3 rings (SSSR count). The number of anilines is 1. The quantitative estimate of drug-likeness (QED) is 0.856. The smallest absolute Gasteiger partial charge is 0.253 e. The highest BCUT2D eigenvalue weighted by atomic mass is 19.1. The fourth-order valence-electron chi connectivity index (χ4n) is 4.73. The van der Waals surface area contributed by atoms with Gasteiger partial charge in [-0.25, -0.2) is 4.39 Å². The van der Waals surface area contributed by atoms with Gasteiger partial charge >= 0.3 is 0 Å². The maximum absolute atomic E-state index is 14.2. The van der Waals surface area contributed by atoms with Gasteiger partial charge in [-0.3, -0.25) is 4.79 Å². The van der Waals surface area contributed by atoms with Crippen molar-refractivity contribution in [3.8, 4) is 6.07 Å². The van der Waals surface area contributed by atoms with Crippen LogP contribution in [0.3, 0.4) is 0 Å². The standard InChI is InChI=1S/C20H26FN3O/c1-23-18(25)16-7-6-15(12-17(16)21)24-20(14-22)11-5-10-19(13-20)8-3-2-4-9-19/h6-7,12,24H,2-5,8-11,13H2,1H3,(H,23,25)/t20-/m1/s1. The average molecular weight is 343 g/mol. The number of nitriles is 1. The molecule has 0 aromatic heterocycles. The van der Waals surface area contributed by atoms with Gasteiger partial charge < -0.3 is 10.6 Å². The Hall–Kier alpha value is -2.09. The van der Waals surface area contributed by atoms with E-state index in [0.29, 0.717) is 5.69 Å². The predicted molar refractivity (Wildman–Crippen MR) is 95.7 cm³/mol. The third-order valence-electron chi connectivity index (χ3n) is 5.94. The Labute approximate surface area is 148 Å². The molecular formula is C20H26FN3O. The highest BCUT2D eigenvalue weighted by molar-refractivity contribution is 5.94. The molecule has 2 aliphatic rings. The van der Waals surface area contributed by atoms with Crippen LogP contribution in [0.5, 0.6) is 0 Å². The highest BCUT2D eigenvalue weighted by Gasteiger charge is 2.45. The minimum atomic E-state index is -0.642. The molecule has 4 nitrogen and oxygen atoms in total. The van der Waals surface area contributed by atoms with E-state index in [1.54, 1.807) is 6.07 Å². The molecule has 1 aromatic carbocycles. The zero-order chi connectivity index (χ0) is 17.9. The molecule has 0 heterocycles. The van der Waals surface area contributed by atoms with E-state index < -0.39 is 17.3 Å². The van der Waals surface area contributed by atoms with E-state index >= 15 is 0 Å². The molecule has 134 valence electrons. The maximum atomic E-state index is 14.2. The van der Waals surface area contributed by atoms with Crippen LogP contribution in [0.15, 0.2) is 18.2 Å². The largest absolute Gasteiger partial charge is 0.367 e. The number of carbonyl (C=O) groups is 1. The molecule has 0 bridgehead atoms. The van der Waals surface area contributed by atoms with Crippen LogP contribution in [-0.2, 0) is 0 Å². The predicted octanol–water partition coefficient (Wildman–Crippen LogP) is 4.38. The van der Waals surface area contributed by atoms with Crippen molar-refractivity contribution in [1.82, 2.24) is 5.32 Å². The molecule has 2 fully saturated rings. The summed E-state index contributed by atoms with van der Waals surface area (Å²) in [6, 6.07) is 6.98. The first-order valence-electron chi connectivity index (χ1n) is 9.23. The van der Waals surface area contributed by atoms with Gasteiger partial charge in [0.2, 0.25) is 0 Å². The Bertz CT molecular complexity index is 685. The Morgan fingerprint density at radius 1 is 1.16 bits per heavy atom. The molecule has 1 spiro atoms. The molecule has 2 aliphatic carbocycles. The molecule has 5 heteroatoms. The molecule has 2 N–H and O–H groups in total. The Morgan fingerprint density at radius 3 is 2.52 bits per heavy atom. The van der Waals surface area contributed by atoms with Crippen LogP contribution in [0.1, 0.15) is 68.1 Å². The minimum absolute atomic E-state index is 0.0199. The second kappa shape index (κ2) is 7.03. The number of halogens is 1. The van der Waals surface area contributed by atoms with E-state index in [-0.39, 0.29) is 11.0 Å². The monoisotopic (exact) mass is 343 g/mol. The van der Waals surface area contributed by atoms with Crippen molar-refractivity contribution in [3.05, 3.63) is 29.6 Å². The van der Waals surface area contributed by atoms with Gasteiger partial charge in [0.15, 0.2) is 0 Å². The Kier molecular flexibility index (Phi) is 4.99. The fraction of sp³-hybridized carbons (Fsp3) is 0.600. The molecule has 1 amide bonds. The average Bonchev–Trinajstić information content (AvgIpc) is 2.62. The van der Waals surface area contributed by atoms with Gasteiger partial charge in [0, 0.05) is 12.7 Å². The first kappa shape index (κ1) is 17.7. The molecule has 1 atom stereocenters. The van der Waals surface area contributed by atoms with Gasteiger partial charge in [-0.1, -0.05) is 19.3 Å². The lowest BCUT2D eigenvalue weighted by molar-refractivity contribution is 0.0959. The zero-order valence-electron chi connectivity index (χ0n) is 14.8. The van der Waals surface area contributed by atoms with Crippen LogP contribution in [0.4, 0.5) is 10.1 Å². The van der Waals surface area contributed by atoms with Gasteiger partial charge in [-0.2, -0.15) is 5.26 Å². The van der Waals surface area contributed by atoms with Gasteiger partial charge in [-0.15, -0.1) is 0 Å². The van der Waals surface area contributed by atoms with Crippen molar-refractivity contribution in [2.24, 2.45) is 5.41 Å². The number of amides is 1. The van der Waals surface area contributed by atoms with Gasteiger partial charge in [0.1, 0.15) is 11.4 Å². The lowest BCUT2D eigenvalue weighted by atomic mass is 9.60. The van der Waals surface area contributed by atoms with Crippen LogP contribution in [0.25, 0.3) is 0 Å². The second-order valence-electron chi connectivity index (χ2n) is 7.68. The summed E-state index contributed by atoms with van der Waals surface area (Å²) in [5.74, 6) is -1.02. The van der Waals surface area contributed by atoms with E-state index in [0.717, 1.165) is 19.3 Å². The molecule has 25 heavy (non-hydrogen) atoms. The number of hydrogen-bond acceptors (Lipinski definition) is 3. The third-order valence-corrected chi connectivity index (χ3v) is 5.94. The SMILES string of the molecule is CNC(=O)c1ccc(N[C@]2(C#N)CCCC3(CCCCC3)C2)cc1F. The van der Waals surface area contributed by atoms with Crippen LogP contribution in [-0.4, -0.2) is 18.5 Å². The molecule has 0 unspecified atom stereocenters. The third kappa shape index (κ3) is 3.63. The number of carbonyl (C=O) groups excluding carboxylic acids is 1. The maximum Gasteiger partial charge on any atom is 0.253 e.